The summed E-state index contributed by atoms with van der Waals surface area (Å²) in [4.78, 5) is 0. The Morgan fingerprint density at radius 3 is 2.14 bits per heavy atom. The van der Waals surface area contributed by atoms with E-state index in [9.17, 15) is 0 Å². The van der Waals surface area contributed by atoms with E-state index < -0.39 is 0 Å². The van der Waals surface area contributed by atoms with E-state index in [4.69, 9.17) is 17.3 Å². The summed E-state index contributed by atoms with van der Waals surface area (Å²) in [5.74, 6) is 0.630. The van der Waals surface area contributed by atoms with Crippen LogP contribution in [0.5, 0.6) is 0 Å². The maximum absolute atomic E-state index is 6.00. The molecule has 0 aliphatic carbocycles. The molecule has 1 aromatic carbocycles. The van der Waals surface area contributed by atoms with Crippen molar-refractivity contribution in [2.45, 2.75) is 26.3 Å². The van der Waals surface area contributed by atoms with Crippen molar-refractivity contribution in [1.82, 2.24) is 0 Å². The molecule has 0 saturated carbocycles. The summed E-state index contributed by atoms with van der Waals surface area (Å²) in [6.07, 6.45) is 1.02. The molecule has 0 amide bonds. The van der Waals surface area contributed by atoms with Crippen molar-refractivity contribution < 1.29 is 0 Å². The lowest BCUT2D eigenvalue weighted by Crippen LogP contribution is -2.12. The summed E-state index contributed by atoms with van der Waals surface area (Å²) in [6, 6.07) is 7.90. The van der Waals surface area contributed by atoms with Gasteiger partial charge in [-0.25, -0.2) is 0 Å². The molecular weight excluding hydrogens is 217 g/mol. The monoisotopic (exact) mass is 233 g/mol. The third kappa shape index (κ3) is 4.32. The van der Waals surface area contributed by atoms with Gasteiger partial charge in [0.1, 0.15) is 0 Å². The SMILES string of the molecule is CC(C)C[C@H](N)c1ccc(Cl)cc1.Cl. The van der Waals surface area contributed by atoms with E-state index in [1.165, 1.54) is 0 Å². The van der Waals surface area contributed by atoms with Crippen molar-refractivity contribution in [3.05, 3.63) is 34.9 Å². The molecule has 0 aromatic heterocycles. The topological polar surface area (TPSA) is 26.0 Å². The van der Waals surface area contributed by atoms with E-state index >= 15 is 0 Å². The molecule has 0 radical (unpaired) electrons. The third-order valence-electron chi connectivity index (χ3n) is 2.02. The van der Waals surface area contributed by atoms with Gasteiger partial charge in [0.05, 0.1) is 0 Å². The van der Waals surface area contributed by atoms with Gasteiger partial charge in [-0.3, -0.25) is 0 Å². The Bertz CT molecular complexity index is 256. The number of hydrogen-bond donors (Lipinski definition) is 1. The van der Waals surface area contributed by atoms with E-state index in [1.54, 1.807) is 0 Å². The Kier molecular flexibility index (Phi) is 6.17. The Hall–Kier alpha value is -0.240. The van der Waals surface area contributed by atoms with Crippen molar-refractivity contribution in [2.75, 3.05) is 0 Å². The van der Waals surface area contributed by atoms with Gasteiger partial charge in [0.2, 0.25) is 0 Å². The molecular formula is C11H17Cl2N. The smallest absolute Gasteiger partial charge is 0.0406 e. The number of hydrogen-bond acceptors (Lipinski definition) is 1. The van der Waals surface area contributed by atoms with E-state index in [1.807, 2.05) is 24.3 Å². The third-order valence-corrected chi connectivity index (χ3v) is 2.28. The molecule has 0 saturated heterocycles. The molecule has 0 unspecified atom stereocenters. The zero-order valence-electron chi connectivity index (χ0n) is 8.53. The molecule has 2 N–H and O–H groups in total. The Morgan fingerprint density at radius 2 is 1.71 bits per heavy atom. The van der Waals surface area contributed by atoms with Crippen LogP contribution in [0.1, 0.15) is 31.9 Å². The van der Waals surface area contributed by atoms with Crippen molar-refractivity contribution in [1.29, 1.82) is 0 Å². The molecule has 1 atom stereocenters. The normalized spacial score (nSPS) is 12.4. The first-order chi connectivity index (χ1) is 6.09. The van der Waals surface area contributed by atoms with Crippen LogP contribution in [0.15, 0.2) is 24.3 Å². The molecule has 0 heterocycles. The number of rotatable bonds is 3. The zero-order valence-corrected chi connectivity index (χ0v) is 10.1. The van der Waals surface area contributed by atoms with Gasteiger partial charge in [0, 0.05) is 11.1 Å². The fraction of sp³-hybridized carbons (Fsp3) is 0.455. The Morgan fingerprint density at radius 1 is 1.21 bits per heavy atom. The lowest BCUT2D eigenvalue weighted by atomic mass is 9.98. The standard InChI is InChI=1S/C11H16ClN.ClH/c1-8(2)7-11(13)9-3-5-10(12)6-4-9;/h3-6,8,11H,7,13H2,1-2H3;1H/t11-;/m0./s1. The quantitative estimate of drug-likeness (QED) is 0.845. The van der Waals surface area contributed by atoms with Gasteiger partial charge in [0.25, 0.3) is 0 Å². The number of halogens is 2. The van der Waals surface area contributed by atoms with Gasteiger partial charge in [0.15, 0.2) is 0 Å². The zero-order chi connectivity index (χ0) is 9.84. The van der Waals surface area contributed by atoms with Crippen molar-refractivity contribution in [3.63, 3.8) is 0 Å². The lowest BCUT2D eigenvalue weighted by molar-refractivity contribution is 0.510. The summed E-state index contributed by atoms with van der Waals surface area (Å²) >= 11 is 5.78. The Labute approximate surface area is 97.1 Å². The largest absolute Gasteiger partial charge is 0.324 e. The van der Waals surface area contributed by atoms with Crippen molar-refractivity contribution >= 4 is 24.0 Å². The van der Waals surface area contributed by atoms with E-state index in [0.29, 0.717) is 5.92 Å². The van der Waals surface area contributed by atoms with Crippen LogP contribution in [0.25, 0.3) is 0 Å². The minimum atomic E-state index is 0. The van der Waals surface area contributed by atoms with Crippen LogP contribution in [-0.4, -0.2) is 0 Å². The molecule has 80 valence electrons. The second-order valence-corrected chi connectivity index (χ2v) is 4.22. The summed E-state index contributed by atoms with van der Waals surface area (Å²) < 4.78 is 0. The second-order valence-electron chi connectivity index (χ2n) is 3.79. The molecule has 0 aliphatic heterocycles. The van der Waals surface area contributed by atoms with Crippen LogP contribution in [0.3, 0.4) is 0 Å². The molecule has 3 heteroatoms. The molecule has 0 fully saturated rings. The average Bonchev–Trinajstić information content (AvgIpc) is 2.04. The number of nitrogens with two attached hydrogens (primary N) is 1. The highest BCUT2D eigenvalue weighted by atomic mass is 35.5. The number of benzene rings is 1. The van der Waals surface area contributed by atoms with Crippen molar-refractivity contribution in [2.24, 2.45) is 11.7 Å². The summed E-state index contributed by atoms with van der Waals surface area (Å²) in [6.45, 7) is 4.35. The highest BCUT2D eigenvalue weighted by Gasteiger charge is 2.07. The van der Waals surface area contributed by atoms with Gasteiger partial charge in [-0.2, -0.15) is 0 Å². The van der Waals surface area contributed by atoms with E-state index in [0.717, 1.165) is 17.0 Å². The highest BCUT2D eigenvalue weighted by Crippen LogP contribution is 2.20. The molecule has 0 spiro atoms. The highest BCUT2D eigenvalue weighted by molar-refractivity contribution is 6.30. The molecule has 1 nitrogen and oxygen atoms in total. The van der Waals surface area contributed by atoms with Crippen LogP contribution >= 0.6 is 24.0 Å². The predicted molar refractivity (Wildman–Crippen MR) is 65.1 cm³/mol. The van der Waals surface area contributed by atoms with Crippen LogP contribution in [-0.2, 0) is 0 Å². The van der Waals surface area contributed by atoms with Crippen LogP contribution in [0.4, 0.5) is 0 Å². The van der Waals surface area contributed by atoms with Gasteiger partial charge in [-0.05, 0) is 30.0 Å². The first-order valence-corrected chi connectivity index (χ1v) is 4.98. The van der Waals surface area contributed by atoms with Crippen LogP contribution < -0.4 is 5.73 Å². The minimum Gasteiger partial charge on any atom is -0.324 e. The van der Waals surface area contributed by atoms with E-state index in [-0.39, 0.29) is 18.4 Å². The van der Waals surface area contributed by atoms with Crippen LogP contribution in [0.2, 0.25) is 5.02 Å². The summed E-state index contributed by atoms with van der Waals surface area (Å²) in [7, 11) is 0. The lowest BCUT2D eigenvalue weighted by Gasteiger charge is -2.14. The second kappa shape index (κ2) is 6.28. The van der Waals surface area contributed by atoms with Gasteiger partial charge in [-0.1, -0.05) is 37.6 Å². The average molecular weight is 234 g/mol. The molecule has 1 aromatic rings. The molecule has 14 heavy (non-hydrogen) atoms. The molecule has 1 rings (SSSR count). The Balaban J connectivity index is 0.00000169. The van der Waals surface area contributed by atoms with Gasteiger partial charge in [-0.15, -0.1) is 12.4 Å². The molecule has 0 bridgehead atoms. The van der Waals surface area contributed by atoms with Gasteiger partial charge < -0.3 is 5.73 Å². The fourth-order valence-electron chi connectivity index (χ4n) is 1.35. The maximum atomic E-state index is 6.00. The summed E-state index contributed by atoms with van der Waals surface area (Å²) in [5, 5.41) is 0.764. The van der Waals surface area contributed by atoms with E-state index in [2.05, 4.69) is 13.8 Å². The van der Waals surface area contributed by atoms with Gasteiger partial charge >= 0.3 is 0 Å². The maximum Gasteiger partial charge on any atom is 0.0406 e. The van der Waals surface area contributed by atoms with Crippen molar-refractivity contribution in [3.8, 4) is 0 Å². The summed E-state index contributed by atoms with van der Waals surface area (Å²) in [5.41, 5.74) is 7.17. The first kappa shape index (κ1) is 13.8. The fourth-order valence-corrected chi connectivity index (χ4v) is 1.48. The minimum absolute atomic E-state index is 0. The predicted octanol–water partition coefficient (Wildman–Crippen LogP) is 3.81. The molecule has 0 aliphatic rings. The first-order valence-electron chi connectivity index (χ1n) is 4.60. The van der Waals surface area contributed by atoms with Crippen LogP contribution in [0, 0.1) is 5.92 Å².